The van der Waals surface area contributed by atoms with E-state index in [0.717, 1.165) is 61.3 Å². The zero-order valence-corrected chi connectivity index (χ0v) is 19.4. The molecule has 2 saturated heterocycles. The fraction of sp³-hybridized carbons (Fsp3) is 0.379. The quantitative estimate of drug-likeness (QED) is 0.537. The average Bonchev–Trinajstić information content (AvgIpc) is 2.89. The number of aromatic nitrogens is 1. The molecule has 1 atom stereocenters. The first-order valence-electron chi connectivity index (χ1n) is 12.1. The van der Waals surface area contributed by atoms with Gasteiger partial charge in [-0.3, -0.25) is 9.78 Å². The van der Waals surface area contributed by atoms with Gasteiger partial charge in [0.25, 0.3) is 0 Å². The van der Waals surface area contributed by atoms with Crippen LogP contribution in [0, 0.1) is 6.92 Å². The molecule has 3 heterocycles. The van der Waals surface area contributed by atoms with E-state index >= 15 is 0 Å². The molecular weight excluding hydrogens is 408 g/mol. The summed E-state index contributed by atoms with van der Waals surface area (Å²) < 4.78 is 5.66. The van der Waals surface area contributed by atoms with Crippen molar-refractivity contribution in [3.05, 3.63) is 89.6 Å². The minimum atomic E-state index is -0.474. The second-order valence-electron chi connectivity index (χ2n) is 9.47. The summed E-state index contributed by atoms with van der Waals surface area (Å²) >= 11 is 0. The summed E-state index contributed by atoms with van der Waals surface area (Å²) in [4.78, 5) is 21.2. The first-order chi connectivity index (χ1) is 16.2. The summed E-state index contributed by atoms with van der Waals surface area (Å²) in [5, 5.41) is 0. The first-order valence-corrected chi connectivity index (χ1v) is 12.1. The highest BCUT2D eigenvalue weighted by atomic mass is 16.5. The molecule has 1 amide bonds. The van der Waals surface area contributed by atoms with Crippen molar-refractivity contribution in [1.29, 1.82) is 0 Å². The minimum absolute atomic E-state index is 0.261. The number of ether oxygens (including phenoxy) is 1. The number of carbonyl (C=O) groups excluding carboxylic acids is 1. The number of nitrogens with zero attached hydrogens (tertiary/aromatic N) is 2. The number of pyridine rings is 1. The molecule has 0 bridgehead atoms. The van der Waals surface area contributed by atoms with E-state index < -0.39 is 5.41 Å². The standard InChI is InChI=1S/C29H32N2O2/c1-22-8-5-9-23(20-22)26-13-6-14-27(30-26)24-10-7-17-31(21-24)28(32)29(15-18-33-19-16-29)25-11-3-2-4-12-25/h2-6,8-9,11-14,20,24H,7,10,15-19,21H2,1H3/t24-/m0/s1. The molecule has 0 unspecified atom stereocenters. The maximum atomic E-state index is 14.0. The SMILES string of the molecule is Cc1cccc(-c2cccc([C@H]3CCCN(C(=O)C4(c5ccccc5)CCOCC4)C3)n2)c1. The minimum Gasteiger partial charge on any atom is -0.381 e. The number of likely N-dealkylation sites (tertiary alicyclic amines) is 1. The second kappa shape index (κ2) is 9.48. The zero-order valence-electron chi connectivity index (χ0n) is 19.4. The van der Waals surface area contributed by atoms with Gasteiger partial charge >= 0.3 is 0 Å². The zero-order chi connectivity index (χ0) is 22.7. The molecule has 5 rings (SSSR count). The summed E-state index contributed by atoms with van der Waals surface area (Å²) in [5.74, 6) is 0.525. The summed E-state index contributed by atoms with van der Waals surface area (Å²) in [5.41, 5.74) is 5.12. The highest BCUT2D eigenvalue weighted by Crippen LogP contribution is 2.38. The smallest absolute Gasteiger partial charge is 0.233 e. The second-order valence-corrected chi connectivity index (χ2v) is 9.47. The van der Waals surface area contributed by atoms with E-state index in [1.807, 2.05) is 18.2 Å². The number of benzene rings is 2. The molecule has 2 aromatic carbocycles. The Bertz CT molecular complexity index is 1110. The summed E-state index contributed by atoms with van der Waals surface area (Å²) in [6, 6.07) is 25.1. The lowest BCUT2D eigenvalue weighted by Crippen LogP contribution is -2.52. The largest absolute Gasteiger partial charge is 0.381 e. The third kappa shape index (κ3) is 4.45. The van der Waals surface area contributed by atoms with Gasteiger partial charge in [0.15, 0.2) is 0 Å². The Morgan fingerprint density at radius 3 is 2.58 bits per heavy atom. The van der Waals surface area contributed by atoms with Crippen LogP contribution in [0.3, 0.4) is 0 Å². The molecule has 4 heteroatoms. The van der Waals surface area contributed by atoms with E-state index in [1.165, 1.54) is 5.56 Å². The molecule has 170 valence electrons. The molecule has 2 fully saturated rings. The molecular formula is C29H32N2O2. The van der Waals surface area contributed by atoms with E-state index in [1.54, 1.807) is 0 Å². The normalized spacial score (nSPS) is 20.4. The van der Waals surface area contributed by atoms with Gasteiger partial charge in [0, 0.05) is 43.5 Å². The maximum absolute atomic E-state index is 14.0. The highest BCUT2D eigenvalue weighted by molar-refractivity contribution is 5.88. The van der Waals surface area contributed by atoms with E-state index in [-0.39, 0.29) is 11.8 Å². The van der Waals surface area contributed by atoms with E-state index in [2.05, 4.69) is 66.4 Å². The van der Waals surface area contributed by atoms with Crippen LogP contribution >= 0.6 is 0 Å². The monoisotopic (exact) mass is 440 g/mol. The molecule has 0 radical (unpaired) electrons. The van der Waals surface area contributed by atoms with Crippen molar-refractivity contribution in [2.75, 3.05) is 26.3 Å². The average molecular weight is 441 g/mol. The van der Waals surface area contributed by atoms with Gasteiger partial charge in [-0.05, 0) is 56.4 Å². The van der Waals surface area contributed by atoms with Crippen LogP contribution in [-0.2, 0) is 14.9 Å². The Balaban J connectivity index is 1.40. The van der Waals surface area contributed by atoms with E-state index in [9.17, 15) is 4.79 Å². The van der Waals surface area contributed by atoms with Gasteiger partial charge in [-0.1, -0.05) is 60.2 Å². The number of hydrogen-bond acceptors (Lipinski definition) is 3. The van der Waals surface area contributed by atoms with Crippen LogP contribution in [0.1, 0.15) is 48.4 Å². The van der Waals surface area contributed by atoms with Gasteiger partial charge in [-0.25, -0.2) is 0 Å². The topological polar surface area (TPSA) is 42.4 Å². The molecule has 33 heavy (non-hydrogen) atoms. The number of amides is 1. The first kappa shape index (κ1) is 21.8. The highest BCUT2D eigenvalue weighted by Gasteiger charge is 2.45. The Morgan fingerprint density at radius 2 is 1.79 bits per heavy atom. The van der Waals surface area contributed by atoms with Crippen LogP contribution in [0.4, 0.5) is 0 Å². The molecule has 2 aliphatic heterocycles. The molecule has 3 aromatic rings. The molecule has 4 nitrogen and oxygen atoms in total. The van der Waals surface area contributed by atoms with Crippen molar-refractivity contribution in [3.8, 4) is 11.3 Å². The number of piperidine rings is 1. The predicted molar refractivity (Wildman–Crippen MR) is 131 cm³/mol. The van der Waals surface area contributed by atoms with Crippen LogP contribution < -0.4 is 0 Å². The molecule has 0 aliphatic carbocycles. The Kier molecular flexibility index (Phi) is 6.28. The van der Waals surface area contributed by atoms with Crippen LogP contribution in [0.2, 0.25) is 0 Å². The van der Waals surface area contributed by atoms with Crippen LogP contribution in [-0.4, -0.2) is 42.1 Å². The predicted octanol–water partition coefficient (Wildman–Crippen LogP) is 5.51. The Hall–Kier alpha value is -2.98. The van der Waals surface area contributed by atoms with Gasteiger partial charge < -0.3 is 9.64 Å². The number of rotatable bonds is 4. The van der Waals surface area contributed by atoms with Crippen molar-refractivity contribution < 1.29 is 9.53 Å². The van der Waals surface area contributed by atoms with Gasteiger partial charge in [-0.15, -0.1) is 0 Å². The van der Waals surface area contributed by atoms with Crippen LogP contribution in [0.15, 0.2) is 72.8 Å². The van der Waals surface area contributed by atoms with Crippen LogP contribution in [0.25, 0.3) is 11.3 Å². The van der Waals surface area contributed by atoms with Gasteiger partial charge in [-0.2, -0.15) is 0 Å². The molecule has 0 spiro atoms. The van der Waals surface area contributed by atoms with Crippen molar-refractivity contribution >= 4 is 5.91 Å². The maximum Gasteiger partial charge on any atom is 0.233 e. The molecule has 1 aromatic heterocycles. The lowest BCUT2D eigenvalue weighted by molar-refractivity contribution is -0.142. The lowest BCUT2D eigenvalue weighted by atomic mass is 9.72. The van der Waals surface area contributed by atoms with E-state index in [4.69, 9.17) is 9.72 Å². The van der Waals surface area contributed by atoms with Gasteiger partial charge in [0.2, 0.25) is 5.91 Å². The number of aryl methyl sites for hydroxylation is 1. The number of carbonyl (C=O) groups is 1. The fourth-order valence-electron chi connectivity index (χ4n) is 5.45. The van der Waals surface area contributed by atoms with Gasteiger partial charge in [0.05, 0.1) is 11.1 Å². The third-order valence-electron chi connectivity index (χ3n) is 7.29. The molecule has 0 N–H and O–H groups in total. The Labute approximate surface area is 196 Å². The number of hydrogen-bond donors (Lipinski definition) is 0. The van der Waals surface area contributed by atoms with E-state index in [0.29, 0.717) is 13.2 Å². The third-order valence-corrected chi connectivity index (χ3v) is 7.29. The van der Waals surface area contributed by atoms with Crippen LogP contribution in [0.5, 0.6) is 0 Å². The lowest BCUT2D eigenvalue weighted by Gasteiger charge is -2.42. The summed E-state index contributed by atoms with van der Waals surface area (Å²) in [6.07, 6.45) is 3.57. The summed E-state index contributed by atoms with van der Waals surface area (Å²) in [6.45, 7) is 4.94. The Morgan fingerprint density at radius 1 is 1.00 bits per heavy atom. The summed E-state index contributed by atoms with van der Waals surface area (Å²) in [7, 11) is 0. The fourth-order valence-corrected chi connectivity index (χ4v) is 5.45. The van der Waals surface area contributed by atoms with Crippen molar-refractivity contribution in [1.82, 2.24) is 9.88 Å². The molecule has 0 saturated carbocycles. The van der Waals surface area contributed by atoms with Crippen molar-refractivity contribution in [2.24, 2.45) is 0 Å². The van der Waals surface area contributed by atoms with Crippen molar-refractivity contribution in [3.63, 3.8) is 0 Å². The molecule has 2 aliphatic rings. The van der Waals surface area contributed by atoms with Crippen molar-refractivity contribution in [2.45, 2.75) is 43.9 Å². The van der Waals surface area contributed by atoms with Gasteiger partial charge in [0.1, 0.15) is 0 Å².